The summed E-state index contributed by atoms with van der Waals surface area (Å²) in [5, 5.41) is 4.15. The van der Waals surface area contributed by atoms with Crippen molar-refractivity contribution < 1.29 is 17.7 Å². The fraction of sp³-hybridized carbons (Fsp3) is 0.765. The lowest BCUT2D eigenvalue weighted by Crippen LogP contribution is -2.39. The third kappa shape index (κ3) is 4.18. The summed E-state index contributed by atoms with van der Waals surface area (Å²) in [4.78, 5) is 12.4. The van der Waals surface area contributed by atoms with E-state index in [4.69, 9.17) is 4.52 Å². The first-order valence-corrected chi connectivity index (χ1v) is 10.4. The highest BCUT2D eigenvalue weighted by atomic mass is 32.2. The van der Waals surface area contributed by atoms with Crippen LogP contribution in [0, 0.1) is 5.92 Å². The number of fused-ring (bicyclic) bond motifs is 1. The standard InChI is InChI=1S/C15H24N2O4S.C2H6/c1-5-22(19,20)17(4)15(18)11(3)10(2)14-12-8-6-7-9-13(12)21-16-14;1-2/h10-11H,5-9H2,1-4H3;1-2H3. The lowest BCUT2D eigenvalue weighted by atomic mass is 9.86. The first-order valence-electron chi connectivity index (χ1n) is 8.77. The van der Waals surface area contributed by atoms with Gasteiger partial charge < -0.3 is 4.52 Å². The molecule has 138 valence electrons. The van der Waals surface area contributed by atoms with Crippen LogP contribution in [0.2, 0.25) is 0 Å². The van der Waals surface area contributed by atoms with Crippen LogP contribution in [0.4, 0.5) is 0 Å². The smallest absolute Gasteiger partial charge is 0.239 e. The van der Waals surface area contributed by atoms with Crippen molar-refractivity contribution in [1.82, 2.24) is 9.46 Å². The first-order chi connectivity index (χ1) is 11.3. The molecule has 2 atom stereocenters. The first kappa shape index (κ1) is 20.7. The highest BCUT2D eigenvalue weighted by Gasteiger charge is 2.33. The van der Waals surface area contributed by atoms with Crippen molar-refractivity contribution in [3.05, 3.63) is 17.0 Å². The number of carbonyl (C=O) groups excluding carboxylic acids is 1. The van der Waals surface area contributed by atoms with Gasteiger partial charge in [0.1, 0.15) is 5.76 Å². The molecule has 2 unspecified atom stereocenters. The Morgan fingerprint density at radius 1 is 1.25 bits per heavy atom. The molecule has 0 saturated carbocycles. The molecule has 0 saturated heterocycles. The molecular weight excluding hydrogens is 328 g/mol. The summed E-state index contributed by atoms with van der Waals surface area (Å²) >= 11 is 0. The monoisotopic (exact) mass is 358 g/mol. The van der Waals surface area contributed by atoms with Crippen LogP contribution in [-0.4, -0.2) is 36.6 Å². The molecule has 1 amide bonds. The molecule has 1 aromatic rings. The van der Waals surface area contributed by atoms with E-state index in [0.29, 0.717) is 0 Å². The second kappa shape index (κ2) is 8.65. The topological polar surface area (TPSA) is 80.5 Å². The van der Waals surface area contributed by atoms with Crippen LogP contribution in [0.15, 0.2) is 4.52 Å². The van der Waals surface area contributed by atoms with Gasteiger partial charge in [-0.05, 0) is 26.2 Å². The lowest BCUT2D eigenvalue weighted by Gasteiger charge is -2.24. The molecule has 6 nitrogen and oxygen atoms in total. The molecule has 24 heavy (non-hydrogen) atoms. The summed E-state index contributed by atoms with van der Waals surface area (Å²) in [7, 11) is -2.20. The van der Waals surface area contributed by atoms with Crippen LogP contribution in [0.5, 0.6) is 0 Å². The van der Waals surface area contributed by atoms with Crippen molar-refractivity contribution in [2.24, 2.45) is 5.92 Å². The van der Waals surface area contributed by atoms with Gasteiger partial charge in [-0.3, -0.25) is 4.79 Å². The zero-order valence-corrected chi connectivity index (χ0v) is 16.4. The number of sulfonamides is 1. The van der Waals surface area contributed by atoms with Gasteiger partial charge in [0.05, 0.1) is 11.4 Å². The van der Waals surface area contributed by atoms with Crippen molar-refractivity contribution in [3.63, 3.8) is 0 Å². The molecule has 7 heteroatoms. The summed E-state index contributed by atoms with van der Waals surface area (Å²) < 4.78 is 30.0. The Bertz CT molecular complexity index is 652. The summed E-state index contributed by atoms with van der Waals surface area (Å²) in [6.45, 7) is 9.18. The summed E-state index contributed by atoms with van der Waals surface area (Å²) in [6.07, 6.45) is 4.01. The van der Waals surface area contributed by atoms with Crippen molar-refractivity contribution >= 4 is 15.9 Å². The average Bonchev–Trinajstić information content (AvgIpc) is 3.04. The summed E-state index contributed by atoms with van der Waals surface area (Å²) in [5.41, 5.74) is 1.91. The Kier molecular flexibility index (Phi) is 7.45. The number of hydrogen-bond donors (Lipinski definition) is 0. The molecule has 0 N–H and O–H groups in total. The Morgan fingerprint density at radius 3 is 2.42 bits per heavy atom. The van der Waals surface area contributed by atoms with Gasteiger partial charge in [-0.2, -0.15) is 0 Å². The SMILES string of the molecule is CC.CCS(=O)(=O)N(C)C(=O)C(C)C(C)c1noc2c1CCCC2. The van der Waals surface area contributed by atoms with E-state index in [1.807, 2.05) is 20.8 Å². The third-order valence-electron chi connectivity index (χ3n) is 4.64. The zero-order valence-electron chi connectivity index (χ0n) is 15.6. The Balaban J connectivity index is 0.00000139. The molecule has 1 aliphatic carbocycles. The van der Waals surface area contributed by atoms with E-state index < -0.39 is 21.8 Å². The number of amides is 1. The number of rotatable bonds is 5. The lowest BCUT2D eigenvalue weighted by molar-refractivity contribution is -0.129. The molecule has 0 fully saturated rings. The molecule has 0 bridgehead atoms. The molecule has 2 rings (SSSR count). The van der Waals surface area contributed by atoms with Gasteiger partial charge in [0, 0.05) is 30.9 Å². The molecule has 1 heterocycles. The van der Waals surface area contributed by atoms with Gasteiger partial charge in [0.15, 0.2) is 0 Å². The van der Waals surface area contributed by atoms with Crippen LogP contribution >= 0.6 is 0 Å². The van der Waals surface area contributed by atoms with Gasteiger partial charge in [-0.15, -0.1) is 0 Å². The minimum Gasteiger partial charge on any atom is -0.361 e. The van der Waals surface area contributed by atoms with Gasteiger partial charge in [0.25, 0.3) is 0 Å². The van der Waals surface area contributed by atoms with Gasteiger partial charge >= 0.3 is 0 Å². The van der Waals surface area contributed by atoms with E-state index in [9.17, 15) is 13.2 Å². The molecular formula is C17H30N2O4S. The number of carbonyl (C=O) groups is 1. The normalized spacial score (nSPS) is 16.4. The van der Waals surface area contributed by atoms with Gasteiger partial charge in [-0.25, -0.2) is 12.7 Å². The maximum atomic E-state index is 12.4. The Morgan fingerprint density at radius 2 is 1.83 bits per heavy atom. The molecule has 0 spiro atoms. The van der Waals surface area contributed by atoms with E-state index in [2.05, 4.69) is 5.16 Å². The van der Waals surface area contributed by atoms with Crippen molar-refractivity contribution in [2.75, 3.05) is 12.8 Å². The third-order valence-corrected chi connectivity index (χ3v) is 6.39. The fourth-order valence-electron chi connectivity index (χ4n) is 2.83. The van der Waals surface area contributed by atoms with Crippen molar-refractivity contribution in [1.29, 1.82) is 0 Å². The summed E-state index contributed by atoms with van der Waals surface area (Å²) in [5.74, 6) is -0.213. The van der Waals surface area contributed by atoms with Crippen molar-refractivity contribution in [3.8, 4) is 0 Å². The van der Waals surface area contributed by atoms with Crippen LogP contribution < -0.4 is 0 Å². The number of aromatic nitrogens is 1. The van der Waals surface area contributed by atoms with E-state index in [-0.39, 0.29) is 11.7 Å². The number of nitrogens with zero attached hydrogens (tertiary/aromatic N) is 2. The maximum absolute atomic E-state index is 12.4. The number of aryl methyl sites for hydroxylation is 1. The fourth-order valence-corrected chi connectivity index (χ4v) is 3.66. The Hall–Kier alpha value is -1.37. The second-order valence-electron chi connectivity index (χ2n) is 5.96. The van der Waals surface area contributed by atoms with Gasteiger partial charge in [0.2, 0.25) is 15.9 Å². The largest absolute Gasteiger partial charge is 0.361 e. The van der Waals surface area contributed by atoms with E-state index >= 15 is 0 Å². The predicted molar refractivity (Wildman–Crippen MR) is 94.3 cm³/mol. The molecule has 0 aromatic carbocycles. The van der Waals surface area contributed by atoms with Crippen LogP contribution in [-0.2, 0) is 27.7 Å². The van der Waals surface area contributed by atoms with E-state index in [1.165, 1.54) is 14.0 Å². The molecule has 1 aromatic heterocycles. The van der Waals surface area contributed by atoms with Crippen molar-refractivity contribution in [2.45, 2.75) is 66.2 Å². The minimum absolute atomic E-state index is 0.0876. The van der Waals surface area contributed by atoms with E-state index in [0.717, 1.165) is 47.0 Å². The Labute approximate surface area is 145 Å². The van der Waals surface area contributed by atoms with Crippen LogP contribution in [0.3, 0.4) is 0 Å². The highest BCUT2D eigenvalue weighted by molar-refractivity contribution is 7.89. The maximum Gasteiger partial charge on any atom is 0.239 e. The van der Waals surface area contributed by atoms with Crippen LogP contribution in [0.25, 0.3) is 0 Å². The zero-order chi connectivity index (χ0) is 18.5. The van der Waals surface area contributed by atoms with E-state index in [1.54, 1.807) is 6.92 Å². The van der Waals surface area contributed by atoms with Gasteiger partial charge in [-0.1, -0.05) is 32.9 Å². The quantitative estimate of drug-likeness (QED) is 0.808. The summed E-state index contributed by atoms with van der Waals surface area (Å²) in [6, 6.07) is 0. The average molecular weight is 359 g/mol. The highest BCUT2D eigenvalue weighted by Crippen LogP contribution is 2.33. The second-order valence-corrected chi connectivity index (χ2v) is 8.25. The predicted octanol–water partition coefficient (Wildman–Crippen LogP) is 3.13. The number of hydrogen-bond acceptors (Lipinski definition) is 5. The molecule has 0 aliphatic heterocycles. The van der Waals surface area contributed by atoms with Crippen LogP contribution in [0.1, 0.15) is 70.4 Å². The molecule has 1 aliphatic rings. The minimum atomic E-state index is -3.52. The molecule has 0 radical (unpaired) electrons.